The minimum atomic E-state index is 0.176. The molecule has 0 bridgehead atoms. The molecule has 0 aromatic rings. The summed E-state index contributed by atoms with van der Waals surface area (Å²) in [4.78, 5) is 13.9. The number of carbonyl (C=O) groups excluding carboxylic acids is 1. The Bertz CT molecular complexity index is 220. The van der Waals surface area contributed by atoms with Crippen LogP contribution >= 0.6 is 0 Å². The van der Waals surface area contributed by atoms with Crippen LogP contribution in [0.4, 0.5) is 0 Å². The van der Waals surface area contributed by atoms with Crippen molar-refractivity contribution in [1.29, 1.82) is 0 Å². The molecular formula is C12H25N3O. The molecule has 16 heavy (non-hydrogen) atoms. The standard InChI is InChI=1S/C12H25N3O/c1-10(7-13)8-14-12(16)4-3-11-5-6-15(2)9-11/h10-11H,3-9,13H2,1-2H3,(H,14,16). The summed E-state index contributed by atoms with van der Waals surface area (Å²) in [5.74, 6) is 1.26. The van der Waals surface area contributed by atoms with Crippen molar-refractivity contribution in [3.8, 4) is 0 Å². The minimum absolute atomic E-state index is 0.176. The molecule has 0 aliphatic carbocycles. The summed E-state index contributed by atoms with van der Waals surface area (Å²) in [6.07, 6.45) is 2.92. The quantitative estimate of drug-likeness (QED) is 0.692. The molecule has 0 aromatic heterocycles. The fourth-order valence-electron chi connectivity index (χ4n) is 2.06. The number of likely N-dealkylation sites (tertiary alicyclic amines) is 1. The van der Waals surface area contributed by atoms with Crippen LogP contribution < -0.4 is 11.1 Å². The third-order valence-corrected chi connectivity index (χ3v) is 3.32. The molecule has 1 aliphatic rings. The molecule has 4 heteroatoms. The van der Waals surface area contributed by atoms with Gasteiger partial charge in [-0.3, -0.25) is 4.79 Å². The second-order valence-electron chi connectivity index (χ2n) is 5.10. The Morgan fingerprint density at radius 3 is 2.94 bits per heavy atom. The van der Waals surface area contributed by atoms with Gasteiger partial charge in [0.25, 0.3) is 0 Å². The van der Waals surface area contributed by atoms with Gasteiger partial charge in [-0.05, 0) is 44.8 Å². The smallest absolute Gasteiger partial charge is 0.220 e. The van der Waals surface area contributed by atoms with Gasteiger partial charge < -0.3 is 16.0 Å². The molecular weight excluding hydrogens is 202 g/mol. The van der Waals surface area contributed by atoms with Crippen LogP contribution in [-0.2, 0) is 4.79 Å². The van der Waals surface area contributed by atoms with E-state index in [-0.39, 0.29) is 5.91 Å². The monoisotopic (exact) mass is 227 g/mol. The van der Waals surface area contributed by atoms with Crippen LogP contribution in [0.25, 0.3) is 0 Å². The van der Waals surface area contributed by atoms with E-state index in [1.807, 2.05) is 6.92 Å². The van der Waals surface area contributed by atoms with Crippen LogP contribution in [-0.4, -0.2) is 44.0 Å². The van der Waals surface area contributed by atoms with Gasteiger partial charge in [0.05, 0.1) is 0 Å². The molecule has 0 spiro atoms. The molecule has 3 N–H and O–H groups in total. The molecule has 4 nitrogen and oxygen atoms in total. The van der Waals surface area contributed by atoms with Crippen LogP contribution in [0, 0.1) is 11.8 Å². The zero-order valence-electron chi connectivity index (χ0n) is 10.5. The maximum Gasteiger partial charge on any atom is 0.220 e. The molecule has 1 saturated heterocycles. The number of carbonyl (C=O) groups is 1. The SMILES string of the molecule is CC(CN)CNC(=O)CCC1CCN(C)C1. The molecule has 2 unspecified atom stereocenters. The first-order chi connectivity index (χ1) is 7.61. The van der Waals surface area contributed by atoms with Crippen LogP contribution in [0.15, 0.2) is 0 Å². The number of nitrogens with one attached hydrogen (secondary N) is 1. The summed E-state index contributed by atoms with van der Waals surface area (Å²) in [6.45, 7) is 5.71. The first-order valence-electron chi connectivity index (χ1n) is 6.27. The molecule has 1 aliphatic heterocycles. The van der Waals surface area contributed by atoms with Gasteiger partial charge in [0.2, 0.25) is 5.91 Å². The van der Waals surface area contributed by atoms with Crippen LogP contribution in [0.3, 0.4) is 0 Å². The van der Waals surface area contributed by atoms with Crippen LogP contribution in [0.1, 0.15) is 26.2 Å². The lowest BCUT2D eigenvalue weighted by atomic mass is 10.0. The highest BCUT2D eigenvalue weighted by Gasteiger charge is 2.19. The van der Waals surface area contributed by atoms with E-state index in [9.17, 15) is 4.79 Å². The number of nitrogens with two attached hydrogens (primary N) is 1. The number of rotatable bonds is 6. The van der Waals surface area contributed by atoms with Crippen molar-refractivity contribution in [1.82, 2.24) is 10.2 Å². The van der Waals surface area contributed by atoms with E-state index in [4.69, 9.17) is 5.73 Å². The highest BCUT2D eigenvalue weighted by Crippen LogP contribution is 2.19. The maximum atomic E-state index is 11.5. The van der Waals surface area contributed by atoms with E-state index in [1.165, 1.54) is 13.0 Å². The summed E-state index contributed by atoms with van der Waals surface area (Å²) < 4.78 is 0. The van der Waals surface area contributed by atoms with Crippen LogP contribution in [0.5, 0.6) is 0 Å². The topological polar surface area (TPSA) is 58.4 Å². The van der Waals surface area contributed by atoms with Crippen molar-refractivity contribution in [2.75, 3.05) is 33.2 Å². The number of hydrogen-bond acceptors (Lipinski definition) is 3. The highest BCUT2D eigenvalue weighted by atomic mass is 16.1. The summed E-state index contributed by atoms with van der Waals surface area (Å²) in [5.41, 5.74) is 5.49. The Labute approximate surface area is 98.6 Å². The predicted molar refractivity (Wildman–Crippen MR) is 66.1 cm³/mol. The molecule has 0 aromatic carbocycles. The zero-order valence-corrected chi connectivity index (χ0v) is 10.5. The fraction of sp³-hybridized carbons (Fsp3) is 0.917. The molecule has 94 valence electrons. The Hall–Kier alpha value is -0.610. The molecule has 0 saturated carbocycles. The van der Waals surface area contributed by atoms with Gasteiger partial charge in [0.15, 0.2) is 0 Å². The Morgan fingerprint density at radius 2 is 2.38 bits per heavy atom. The summed E-state index contributed by atoms with van der Waals surface area (Å²) >= 11 is 0. The molecule has 0 radical (unpaired) electrons. The third kappa shape index (κ3) is 4.94. The first kappa shape index (κ1) is 13.5. The molecule has 1 heterocycles. The Balaban J connectivity index is 2.06. The fourth-order valence-corrected chi connectivity index (χ4v) is 2.06. The van der Waals surface area contributed by atoms with E-state index >= 15 is 0 Å². The summed E-state index contributed by atoms with van der Waals surface area (Å²) in [5, 5.41) is 2.94. The van der Waals surface area contributed by atoms with Crippen molar-refractivity contribution < 1.29 is 4.79 Å². The Morgan fingerprint density at radius 1 is 1.62 bits per heavy atom. The second kappa shape index (κ2) is 6.86. The largest absolute Gasteiger partial charge is 0.356 e. The van der Waals surface area contributed by atoms with Crippen molar-refractivity contribution in [3.63, 3.8) is 0 Å². The van der Waals surface area contributed by atoms with Gasteiger partial charge in [-0.2, -0.15) is 0 Å². The lowest BCUT2D eigenvalue weighted by Crippen LogP contribution is -2.31. The predicted octanol–water partition coefficient (Wildman–Crippen LogP) is 0.429. The van der Waals surface area contributed by atoms with E-state index in [0.717, 1.165) is 13.0 Å². The van der Waals surface area contributed by atoms with Crippen molar-refractivity contribution in [3.05, 3.63) is 0 Å². The van der Waals surface area contributed by atoms with Gasteiger partial charge in [0.1, 0.15) is 0 Å². The van der Waals surface area contributed by atoms with E-state index in [1.54, 1.807) is 0 Å². The minimum Gasteiger partial charge on any atom is -0.356 e. The second-order valence-corrected chi connectivity index (χ2v) is 5.10. The zero-order chi connectivity index (χ0) is 12.0. The average molecular weight is 227 g/mol. The molecule has 1 amide bonds. The Kier molecular flexibility index (Phi) is 5.77. The maximum absolute atomic E-state index is 11.5. The van der Waals surface area contributed by atoms with E-state index in [2.05, 4.69) is 17.3 Å². The first-order valence-corrected chi connectivity index (χ1v) is 6.27. The molecule has 1 rings (SSSR count). The summed E-state index contributed by atoms with van der Waals surface area (Å²) in [6, 6.07) is 0. The lowest BCUT2D eigenvalue weighted by molar-refractivity contribution is -0.121. The number of hydrogen-bond donors (Lipinski definition) is 2. The normalized spacial score (nSPS) is 23.3. The van der Waals surface area contributed by atoms with Crippen molar-refractivity contribution in [2.45, 2.75) is 26.2 Å². The molecule has 2 atom stereocenters. The van der Waals surface area contributed by atoms with Crippen molar-refractivity contribution >= 4 is 5.91 Å². The van der Waals surface area contributed by atoms with Gasteiger partial charge in [-0.25, -0.2) is 0 Å². The van der Waals surface area contributed by atoms with Gasteiger partial charge in [-0.15, -0.1) is 0 Å². The third-order valence-electron chi connectivity index (χ3n) is 3.32. The van der Waals surface area contributed by atoms with Crippen molar-refractivity contribution in [2.24, 2.45) is 17.6 Å². The lowest BCUT2D eigenvalue weighted by Gasteiger charge is -2.12. The van der Waals surface area contributed by atoms with Gasteiger partial charge >= 0.3 is 0 Å². The summed E-state index contributed by atoms with van der Waals surface area (Å²) in [7, 11) is 2.14. The van der Waals surface area contributed by atoms with Crippen LogP contribution in [0.2, 0.25) is 0 Å². The van der Waals surface area contributed by atoms with Gasteiger partial charge in [-0.1, -0.05) is 6.92 Å². The van der Waals surface area contributed by atoms with E-state index in [0.29, 0.717) is 31.3 Å². The van der Waals surface area contributed by atoms with Gasteiger partial charge in [0, 0.05) is 19.5 Å². The van der Waals surface area contributed by atoms with E-state index < -0.39 is 0 Å². The highest BCUT2D eigenvalue weighted by molar-refractivity contribution is 5.75. The molecule has 1 fully saturated rings. The average Bonchev–Trinajstić information content (AvgIpc) is 2.69. The number of nitrogens with zero attached hydrogens (tertiary/aromatic N) is 1. The number of amides is 1.